The summed E-state index contributed by atoms with van der Waals surface area (Å²) in [5.74, 6) is 0.491. The molecule has 4 rings (SSSR count). The van der Waals surface area contributed by atoms with E-state index in [2.05, 4.69) is 15.1 Å². The molecule has 11 heteroatoms. The number of benzene rings is 1. The average Bonchev–Trinajstić information content (AvgIpc) is 3.04. The zero-order valence-electron chi connectivity index (χ0n) is 19.5. The van der Waals surface area contributed by atoms with Gasteiger partial charge in [0.2, 0.25) is 0 Å². The van der Waals surface area contributed by atoms with E-state index < -0.39 is 13.8 Å². The molecule has 1 aliphatic heterocycles. The Morgan fingerprint density at radius 1 is 1.18 bits per heavy atom. The van der Waals surface area contributed by atoms with Crippen LogP contribution in [-0.2, 0) is 25.3 Å². The first kappa shape index (κ1) is 24.6. The smallest absolute Gasteiger partial charge is 0.342 e. The highest BCUT2D eigenvalue weighted by molar-refractivity contribution is 7.57. The van der Waals surface area contributed by atoms with Gasteiger partial charge in [-0.3, -0.25) is 4.57 Å². The van der Waals surface area contributed by atoms with E-state index in [4.69, 9.17) is 24.5 Å². The van der Waals surface area contributed by atoms with Crippen LogP contribution in [0, 0.1) is 0 Å². The summed E-state index contributed by atoms with van der Waals surface area (Å²) in [5, 5.41) is 3.10. The van der Waals surface area contributed by atoms with Crippen LogP contribution >= 0.6 is 7.52 Å². The highest BCUT2D eigenvalue weighted by atomic mass is 31.2. The second-order valence-corrected chi connectivity index (χ2v) is 10.4. The van der Waals surface area contributed by atoms with Gasteiger partial charge in [-0.05, 0) is 44.9 Å². The van der Waals surface area contributed by atoms with E-state index in [0.717, 1.165) is 12.8 Å². The van der Waals surface area contributed by atoms with E-state index in [9.17, 15) is 4.57 Å². The van der Waals surface area contributed by atoms with Crippen LogP contribution in [-0.4, -0.2) is 52.5 Å². The number of nitrogens with one attached hydrogen (secondary N) is 1. The molecule has 0 saturated carbocycles. The maximum absolute atomic E-state index is 13.9. The fraction of sp³-hybridized carbons (Fsp3) is 0.478. The number of nitrogens with two attached hydrogens (primary N) is 1. The summed E-state index contributed by atoms with van der Waals surface area (Å²) in [6.07, 6.45) is 4.25. The van der Waals surface area contributed by atoms with Gasteiger partial charge in [-0.1, -0.05) is 18.2 Å². The molecule has 3 aromatic rings. The average molecular weight is 490 g/mol. The summed E-state index contributed by atoms with van der Waals surface area (Å²) in [5.41, 5.74) is 7.87. The lowest BCUT2D eigenvalue weighted by Gasteiger charge is -2.29. The molecule has 0 aliphatic carbocycles. The molecule has 0 amide bonds. The molecular weight excluding hydrogens is 457 g/mol. The standard InChI is InChI=1S/C23H32N5O5P/c1-17(14-28-15-26-21-20(24)10-11-25-22(21)28)32-16-34(29,33-19-8-4-3-5-9-19)27-18(2)23-30-12-6-7-13-31-23/h3-5,8-11,15,17-18,23H,6-7,12-14,16H2,1-2H3,(H2,24,25)(H,27,29)/t17-,18+,34?/m1/s1. The third-order valence-corrected chi connectivity index (χ3v) is 7.22. The number of aromatic nitrogens is 3. The monoisotopic (exact) mass is 489 g/mol. The number of anilines is 1. The summed E-state index contributed by atoms with van der Waals surface area (Å²) in [4.78, 5) is 8.70. The van der Waals surface area contributed by atoms with Gasteiger partial charge >= 0.3 is 7.52 Å². The molecule has 2 aromatic heterocycles. The van der Waals surface area contributed by atoms with Crippen LogP contribution in [0.5, 0.6) is 5.75 Å². The van der Waals surface area contributed by atoms with Gasteiger partial charge < -0.3 is 29.0 Å². The molecule has 34 heavy (non-hydrogen) atoms. The van der Waals surface area contributed by atoms with E-state index in [-0.39, 0.29) is 18.5 Å². The van der Waals surface area contributed by atoms with Crippen LogP contribution in [0.2, 0.25) is 0 Å². The molecule has 3 N–H and O–H groups in total. The van der Waals surface area contributed by atoms with Gasteiger partial charge in [0.15, 0.2) is 11.9 Å². The number of para-hydroxylation sites is 1. The number of imidazole rings is 1. The molecule has 1 saturated heterocycles. The maximum Gasteiger partial charge on any atom is 0.342 e. The number of pyridine rings is 1. The second-order valence-electron chi connectivity index (χ2n) is 8.39. The fourth-order valence-electron chi connectivity index (χ4n) is 3.72. The van der Waals surface area contributed by atoms with Gasteiger partial charge in [0.25, 0.3) is 0 Å². The molecule has 1 fully saturated rings. The third kappa shape index (κ3) is 6.34. The first-order valence-corrected chi connectivity index (χ1v) is 13.3. The molecule has 3 heterocycles. The molecule has 1 aliphatic rings. The van der Waals surface area contributed by atoms with Crippen molar-refractivity contribution >= 4 is 24.4 Å². The number of rotatable bonds is 10. The largest absolute Gasteiger partial charge is 0.431 e. The first-order valence-electron chi connectivity index (χ1n) is 11.5. The molecule has 10 nitrogen and oxygen atoms in total. The molecule has 1 aromatic carbocycles. The highest BCUT2D eigenvalue weighted by Crippen LogP contribution is 2.44. The van der Waals surface area contributed by atoms with Crippen molar-refractivity contribution in [3.8, 4) is 5.75 Å². The number of fused-ring (bicyclic) bond motifs is 1. The lowest BCUT2D eigenvalue weighted by atomic mass is 10.3. The fourth-order valence-corrected chi connectivity index (χ4v) is 5.56. The summed E-state index contributed by atoms with van der Waals surface area (Å²) < 4.78 is 39.2. The minimum atomic E-state index is -3.47. The molecule has 184 valence electrons. The Labute approximate surface area is 199 Å². The minimum absolute atomic E-state index is 0.137. The van der Waals surface area contributed by atoms with Gasteiger partial charge in [-0.15, -0.1) is 0 Å². The Hall–Kier alpha value is -2.49. The maximum atomic E-state index is 13.9. The van der Waals surface area contributed by atoms with E-state index in [1.807, 2.05) is 36.6 Å². The van der Waals surface area contributed by atoms with E-state index in [1.54, 1.807) is 30.7 Å². The normalized spacial score (nSPS) is 18.8. The topological polar surface area (TPSA) is 123 Å². The lowest BCUT2D eigenvalue weighted by Crippen LogP contribution is -2.40. The van der Waals surface area contributed by atoms with Gasteiger partial charge in [0.1, 0.15) is 17.6 Å². The predicted molar refractivity (Wildman–Crippen MR) is 130 cm³/mol. The Morgan fingerprint density at radius 2 is 1.91 bits per heavy atom. The summed E-state index contributed by atoms with van der Waals surface area (Å²) in [6.45, 7) is 5.43. The van der Waals surface area contributed by atoms with E-state index in [1.165, 1.54) is 0 Å². The van der Waals surface area contributed by atoms with Gasteiger partial charge in [0, 0.05) is 19.4 Å². The van der Waals surface area contributed by atoms with Crippen molar-refractivity contribution in [2.75, 3.05) is 25.3 Å². The van der Waals surface area contributed by atoms with Gasteiger partial charge in [0.05, 0.1) is 30.7 Å². The van der Waals surface area contributed by atoms with Crippen LogP contribution in [0.1, 0.15) is 26.7 Å². The Bertz CT molecular complexity index is 1100. The third-order valence-electron chi connectivity index (χ3n) is 5.42. The molecule has 1 unspecified atom stereocenters. The second kappa shape index (κ2) is 11.3. The van der Waals surface area contributed by atoms with Crippen LogP contribution < -0.4 is 15.3 Å². The van der Waals surface area contributed by atoms with Crippen LogP contribution in [0.15, 0.2) is 48.9 Å². The van der Waals surface area contributed by atoms with E-state index in [0.29, 0.717) is 42.4 Å². The van der Waals surface area contributed by atoms with Crippen LogP contribution in [0.25, 0.3) is 11.2 Å². The molecule has 0 spiro atoms. The molecule has 0 radical (unpaired) electrons. The first-order chi connectivity index (χ1) is 16.4. The van der Waals surface area contributed by atoms with Crippen molar-refractivity contribution in [2.45, 2.75) is 51.7 Å². The van der Waals surface area contributed by atoms with Gasteiger partial charge in [-0.25, -0.2) is 15.1 Å². The summed E-state index contributed by atoms with van der Waals surface area (Å²) in [6, 6.07) is 10.4. The molecule has 3 atom stereocenters. The SMILES string of the molecule is C[C@H](Cn1cnc2c(N)ccnc21)OCP(=O)(N[C@@H](C)C1OCCCCO1)Oc1ccccc1. The number of ether oxygens (including phenoxy) is 3. The zero-order chi connectivity index (χ0) is 24.0. The molecule has 0 bridgehead atoms. The quantitative estimate of drug-likeness (QED) is 0.410. The number of nitrogens with zero attached hydrogens (tertiary/aromatic N) is 3. The van der Waals surface area contributed by atoms with Crippen LogP contribution in [0.4, 0.5) is 5.69 Å². The number of hydrogen-bond donors (Lipinski definition) is 2. The van der Waals surface area contributed by atoms with Crippen molar-refractivity contribution in [2.24, 2.45) is 0 Å². The Morgan fingerprint density at radius 3 is 2.65 bits per heavy atom. The zero-order valence-corrected chi connectivity index (χ0v) is 20.4. The number of hydrogen-bond acceptors (Lipinski definition) is 8. The van der Waals surface area contributed by atoms with Crippen molar-refractivity contribution in [1.29, 1.82) is 0 Å². The van der Waals surface area contributed by atoms with Crippen molar-refractivity contribution in [1.82, 2.24) is 19.6 Å². The van der Waals surface area contributed by atoms with Crippen molar-refractivity contribution in [3.05, 3.63) is 48.9 Å². The highest BCUT2D eigenvalue weighted by Gasteiger charge is 2.33. The summed E-state index contributed by atoms with van der Waals surface area (Å²) >= 11 is 0. The lowest BCUT2D eigenvalue weighted by molar-refractivity contribution is -0.138. The Balaban J connectivity index is 1.43. The Kier molecular flexibility index (Phi) is 8.18. The van der Waals surface area contributed by atoms with Crippen molar-refractivity contribution in [3.63, 3.8) is 0 Å². The van der Waals surface area contributed by atoms with Crippen molar-refractivity contribution < 1.29 is 23.3 Å². The molecular formula is C23H32N5O5P. The van der Waals surface area contributed by atoms with Crippen LogP contribution in [0.3, 0.4) is 0 Å². The number of nitrogen functional groups attached to an aromatic ring is 1. The van der Waals surface area contributed by atoms with E-state index >= 15 is 0 Å². The minimum Gasteiger partial charge on any atom is -0.431 e. The van der Waals surface area contributed by atoms with Gasteiger partial charge in [-0.2, -0.15) is 0 Å². The predicted octanol–water partition coefficient (Wildman–Crippen LogP) is 3.78. The summed E-state index contributed by atoms with van der Waals surface area (Å²) in [7, 11) is -3.47.